The van der Waals surface area contributed by atoms with Gasteiger partial charge in [-0.3, -0.25) is 9.36 Å². The number of nitrogens with one attached hydrogen (secondary N) is 2. The molecule has 0 bridgehead atoms. The van der Waals surface area contributed by atoms with Gasteiger partial charge in [-0.25, -0.2) is 24.7 Å². The lowest BCUT2D eigenvalue weighted by molar-refractivity contribution is -0.124. The van der Waals surface area contributed by atoms with Crippen molar-refractivity contribution in [2.45, 2.75) is 82.9 Å². The van der Waals surface area contributed by atoms with E-state index in [1.54, 1.807) is 10.9 Å². The number of aliphatic imine (C=N–C) groups is 1. The molecule has 1 aliphatic heterocycles. The molecule has 51 heavy (non-hydrogen) atoms. The van der Waals surface area contributed by atoms with Gasteiger partial charge in [-0.15, -0.1) is 0 Å². The third-order valence-electron chi connectivity index (χ3n) is 9.49. The van der Waals surface area contributed by atoms with Crippen LogP contribution in [0.1, 0.15) is 69.7 Å². The zero-order valence-corrected chi connectivity index (χ0v) is 29.2. The van der Waals surface area contributed by atoms with E-state index in [-0.39, 0.29) is 12.5 Å². The van der Waals surface area contributed by atoms with Crippen LogP contribution in [0, 0.1) is 0 Å². The van der Waals surface area contributed by atoms with E-state index in [0.29, 0.717) is 17.0 Å². The van der Waals surface area contributed by atoms with Gasteiger partial charge in [-0.2, -0.15) is 0 Å². The highest BCUT2D eigenvalue weighted by atomic mass is 16.6. The molecule has 3 heterocycles. The van der Waals surface area contributed by atoms with Crippen LogP contribution in [0.15, 0.2) is 66.2 Å². The highest BCUT2D eigenvalue weighted by molar-refractivity contribution is 5.86. The number of rotatable bonds is 15. The Labute approximate surface area is 296 Å². The molecule has 0 spiro atoms. The van der Waals surface area contributed by atoms with E-state index in [4.69, 9.17) is 9.47 Å². The van der Waals surface area contributed by atoms with Gasteiger partial charge in [0.1, 0.15) is 31.2 Å². The smallest absolute Gasteiger partial charge is 0.407 e. The predicted octanol–water partition coefficient (Wildman–Crippen LogP) is 4.05. The van der Waals surface area contributed by atoms with Crippen molar-refractivity contribution in [2.75, 3.05) is 26.3 Å². The average molecular weight is 699 g/mol. The Hall–Kier alpha value is -4.92. The largest absolute Gasteiger partial charge is 0.449 e. The minimum Gasteiger partial charge on any atom is -0.449 e. The minimum atomic E-state index is -1.29. The fourth-order valence-corrected chi connectivity index (χ4v) is 6.68. The Morgan fingerprint density at radius 2 is 1.71 bits per heavy atom. The van der Waals surface area contributed by atoms with Gasteiger partial charge in [-0.05, 0) is 42.0 Å². The topological polar surface area (TPSA) is 176 Å². The molecule has 4 aromatic rings. The normalized spacial score (nSPS) is 20.3. The molecule has 0 radical (unpaired) electrons. The lowest BCUT2D eigenvalue weighted by Crippen LogP contribution is -2.54. The van der Waals surface area contributed by atoms with Gasteiger partial charge in [0.05, 0.1) is 25.3 Å². The van der Waals surface area contributed by atoms with Gasteiger partial charge < -0.3 is 35.2 Å². The standard InChI is InChI=1S/C37H46N8O6/c1-4-6-16-44(17-7-5-2)21-41-33-31-34(39-20-38-33)45(22-40-31)36-32(47)30(29(18-46)51-36)43-35(48)23(3)42-37(49)50-19-28-26-14-10-8-12-24(26)25-13-9-11-15-27(25)28/h8-15,20-23,28-30,32,36,46-47H,4-7,16-19H2,1-3H3,(H,42,49)(H,43,48)/b41-21+/t23-,29+,30+,32+,36+/m0/s1. The van der Waals surface area contributed by atoms with E-state index >= 15 is 0 Å². The second kappa shape index (κ2) is 16.4. The maximum Gasteiger partial charge on any atom is 0.407 e. The summed E-state index contributed by atoms with van der Waals surface area (Å²) >= 11 is 0. The van der Waals surface area contributed by atoms with E-state index in [1.165, 1.54) is 19.6 Å². The van der Waals surface area contributed by atoms with Crippen molar-refractivity contribution in [1.82, 2.24) is 35.1 Å². The summed E-state index contributed by atoms with van der Waals surface area (Å²) in [4.78, 5) is 46.0. The SMILES string of the molecule is CCCCN(/C=N/c1ncnc2c1ncn2[C@@H]1O[C@H](CO)[C@@H](NC(=O)[C@H](C)NC(=O)OCC2c3ccccc3-c3ccccc32)[C@H]1O)CCCC. The van der Waals surface area contributed by atoms with Crippen LogP contribution in [0.25, 0.3) is 22.3 Å². The molecule has 1 saturated heterocycles. The van der Waals surface area contributed by atoms with E-state index in [0.717, 1.165) is 61.0 Å². The molecule has 0 unspecified atom stereocenters. The van der Waals surface area contributed by atoms with Gasteiger partial charge in [0.15, 0.2) is 23.2 Å². The number of carbonyl (C=O) groups is 2. The number of aliphatic hydroxyl groups is 2. The molecule has 0 saturated carbocycles. The molecule has 6 rings (SSSR count). The second-order valence-corrected chi connectivity index (χ2v) is 13.0. The van der Waals surface area contributed by atoms with Crippen LogP contribution in [0.4, 0.5) is 10.6 Å². The molecule has 2 aromatic heterocycles. The summed E-state index contributed by atoms with van der Waals surface area (Å²) in [6.07, 6.45) is 4.87. The third kappa shape index (κ3) is 7.72. The fourth-order valence-electron chi connectivity index (χ4n) is 6.68. The van der Waals surface area contributed by atoms with Crippen LogP contribution >= 0.6 is 0 Å². The summed E-state index contributed by atoms with van der Waals surface area (Å²) in [5, 5.41) is 26.8. The summed E-state index contributed by atoms with van der Waals surface area (Å²) in [6.45, 7) is 7.21. The molecule has 1 fully saturated rings. The quantitative estimate of drug-likeness (QED) is 0.105. The first-order valence-electron chi connectivity index (χ1n) is 17.7. The minimum absolute atomic E-state index is 0.100. The molecular weight excluding hydrogens is 652 g/mol. The van der Waals surface area contributed by atoms with Crippen molar-refractivity contribution in [3.63, 3.8) is 0 Å². The number of carbonyl (C=O) groups excluding carboxylic acids is 2. The Morgan fingerprint density at radius 3 is 2.35 bits per heavy atom. The number of aliphatic hydroxyl groups excluding tert-OH is 2. The van der Waals surface area contributed by atoms with Gasteiger partial charge in [0.25, 0.3) is 0 Å². The summed E-state index contributed by atoms with van der Waals surface area (Å²) in [6, 6.07) is 14.0. The Bertz CT molecular complexity index is 1800. The second-order valence-electron chi connectivity index (χ2n) is 13.0. The number of benzene rings is 2. The zero-order chi connectivity index (χ0) is 35.9. The average Bonchev–Trinajstić information content (AvgIpc) is 3.82. The van der Waals surface area contributed by atoms with Crippen LogP contribution in [0.5, 0.6) is 0 Å². The number of aromatic nitrogens is 4. The van der Waals surface area contributed by atoms with Gasteiger partial charge >= 0.3 is 6.09 Å². The molecule has 2 aromatic carbocycles. The third-order valence-corrected chi connectivity index (χ3v) is 9.49. The van der Waals surface area contributed by atoms with E-state index in [2.05, 4.69) is 61.5 Å². The summed E-state index contributed by atoms with van der Waals surface area (Å²) in [5.41, 5.74) is 5.18. The molecule has 14 heteroatoms. The Kier molecular flexibility index (Phi) is 11.5. The molecule has 5 atom stereocenters. The van der Waals surface area contributed by atoms with Crippen molar-refractivity contribution < 1.29 is 29.3 Å². The number of nitrogens with zero attached hydrogens (tertiary/aromatic N) is 6. The number of hydrogen-bond donors (Lipinski definition) is 4. The highest BCUT2D eigenvalue weighted by Gasteiger charge is 2.46. The lowest BCUT2D eigenvalue weighted by atomic mass is 9.98. The number of imidazole rings is 1. The van der Waals surface area contributed by atoms with Crippen LogP contribution < -0.4 is 10.6 Å². The first-order chi connectivity index (χ1) is 24.8. The molecule has 2 amide bonds. The number of amides is 2. The Balaban J connectivity index is 1.08. The number of hydrogen-bond acceptors (Lipinski definition) is 10. The van der Waals surface area contributed by atoms with Crippen LogP contribution in [0.2, 0.25) is 0 Å². The fraction of sp³-hybridized carbons (Fsp3) is 0.459. The first kappa shape index (κ1) is 35.9. The van der Waals surface area contributed by atoms with Crippen molar-refractivity contribution in [3.8, 4) is 11.1 Å². The first-order valence-corrected chi connectivity index (χ1v) is 17.7. The maximum absolute atomic E-state index is 13.2. The van der Waals surface area contributed by atoms with E-state index in [9.17, 15) is 19.8 Å². The maximum atomic E-state index is 13.2. The van der Waals surface area contributed by atoms with Gasteiger partial charge in [0.2, 0.25) is 5.91 Å². The number of ether oxygens (including phenoxy) is 2. The molecule has 2 aliphatic rings. The lowest BCUT2D eigenvalue weighted by Gasteiger charge is -2.23. The molecule has 4 N–H and O–H groups in total. The van der Waals surface area contributed by atoms with Crippen LogP contribution in [0.3, 0.4) is 0 Å². The van der Waals surface area contributed by atoms with Crippen LogP contribution in [-0.2, 0) is 14.3 Å². The van der Waals surface area contributed by atoms with E-state index < -0.39 is 49.1 Å². The summed E-state index contributed by atoms with van der Waals surface area (Å²) < 4.78 is 13.2. The van der Waals surface area contributed by atoms with Gasteiger partial charge in [-0.1, -0.05) is 75.2 Å². The Morgan fingerprint density at radius 1 is 1.04 bits per heavy atom. The highest BCUT2D eigenvalue weighted by Crippen LogP contribution is 2.44. The van der Waals surface area contributed by atoms with Crippen molar-refractivity contribution in [3.05, 3.63) is 72.3 Å². The monoisotopic (exact) mass is 698 g/mol. The van der Waals surface area contributed by atoms with Crippen molar-refractivity contribution >= 4 is 35.3 Å². The van der Waals surface area contributed by atoms with Crippen LogP contribution in [-0.4, -0.2) is 104 Å². The predicted molar refractivity (Wildman–Crippen MR) is 191 cm³/mol. The van der Waals surface area contributed by atoms with Crippen molar-refractivity contribution in [2.24, 2.45) is 4.99 Å². The van der Waals surface area contributed by atoms with Gasteiger partial charge in [0, 0.05) is 19.0 Å². The summed E-state index contributed by atoms with van der Waals surface area (Å²) in [5.74, 6) is -0.333. The van der Waals surface area contributed by atoms with E-state index in [1.807, 2.05) is 36.4 Å². The summed E-state index contributed by atoms with van der Waals surface area (Å²) in [7, 11) is 0. The molecule has 1 aliphatic carbocycles. The number of alkyl carbamates (subject to hydrolysis) is 1. The molecule has 14 nitrogen and oxygen atoms in total. The number of unbranched alkanes of at least 4 members (excludes halogenated alkanes) is 2. The number of fused-ring (bicyclic) bond motifs is 4. The molecule has 270 valence electrons. The van der Waals surface area contributed by atoms with Crippen molar-refractivity contribution in [1.29, 1.82) is 0 Å². The molecular formula is C37H46N8O6. The zero-order valence-electron chi connectivity index (χ0n) is 29.2.